The van der Waals surface area contributed by atoms with E-state index in [1.807, 2.05) is 0 Å². The van der Waals surface area contributed by atoms with Crippen LogP contribution in [0.2, 0.25) is 5.02 Å². The lowest BCUT2D eigenvalue weighted by Gasteiger charge is -2.24. The highest BCUT2D eigenvalue weighted by molar-refractivity contribution is 6.31. The summed E-state index contributed by atoms with van der Waals surface area (Å²) in [4.78, 5) is 0. The third-order valence-electron chi connectivity index (χ3n) is 4.81. The summed E-state index contributed by atoms with van der Waals surface area (Å²) in [5.41, 5.74) is 3.93. The molecule has 0 heterocycles. The maximum atomic E-state index is 6.23. The monoisotopic (exact) mass is 293 g/mol. The molecule has 1 aromatic carbocycles. The van der Waals surface area contributed by atoms with E-state index >= 15 is 0 Å². The quantitative estimate of drug-likeness (QED) is 0.715. The molecule has 1 saturated carbocycles. The molecule has 2 rings (SSSR count). The molecule has 1 nitrogen and oxygen atoms in total. The van der Waals surface area contributed by atoms with Crippen LogP contribution < -0.4 is 5.32 Å². The molecule has 0 aromatic heterocycles. The molecule has 0 saturated heterocycles. The van der Waals surface area contributed by atoms with E-state index in [0.717, 1.165) is 10.9 Å². The summed E-state index contributed by atoms with van der Waals surface area (Å²) in [6.45, 7) is 4.28. The molecule has 0 radical (unpaired) electrons. The zero-order chi connectivity index (χ0) is 14.5. The molecule has 0 aliphatic heterocycles. The molecule has 1 fully saturated rings. The molecular weight excluding hydrogens is 266 g/mol. The van der Waals surface area contributed by atoms with Gasteiger partial charge in [0.05, 0.1) is 0 Å². The van der Waals surface area contributed by atoms with E-state index in [4.69, 9.17) is 11.6 Å². The van der Waals surface area contributed by atoms with Crippen molar-refractivity contribution in [2.75, 3.05) is 7.05 Å². The minimum Gasteiger partial charge on any atom is -0.313 e. The lowest BCUT2D eigenvalue weighted by atomic mass is 9.87. The number of halogens is 1. The first-order valence-electron chi connectivity index (χ1n) is 8.05. The van der Waals surface area contributed by atoms with Gasteiger partial charge in [-0.1, -0.05) is 56.2 Å². The van der Waals surface area contributed by atoms with Gasteiger partial charge in [-0.3, -0.25) is 0 Å². The Hall–Kier alpha value is -0.530. The lowest BCUT2D eigenvalue weighted by molar-refractivity contribution is 0.367. The maximum absolute atomic E-state index is 6.23. The van der Waals surface area contributed by atoms with Crippen molar-refractivity contribution in [1.29, 1.82) is 0 Å². The predicted octanol–water partition coefficient (Wildman–Crippen LogP) is 5.58. The first-order chi connectivity index (χ1) is 9.61. The average molecular weight is 294 g/mol. The van der Waals surface area contributed by atoms with E-state index in [1.54, 1.807) is 0 Å². The molecule has 1 aliphatic carbocycles. The highest BCUT2D eigenvalue weighted by atomic mass is 35.5. The number of hydrogen-bond acceptors (Lipinski definition) is 1. The van der Waals surface area contributed by atoms with Crippen molar-refractivity contribution in [2.24, 2.45) is 5.92 Å². The van der Waals surface area contributed by atoms with Crippen molar-refractivity contribution in [3.8, 4) is 0 Å². The second-order valence-electron chi connectivity index (χ2n) is 6.39. The van der Waals surface area contributed by atoms with Gasteiger partial charge in [0.2, 0.25) is 0 Å². The SMILES string of the molecule is CNC(CC1CCCCCC1)c1cc(C)c(Cl)cc1C. The van der Waals surface area contributed by atoms with Gasteiger partial charge < -0.3 is 5.32 Å². The zero-order valence-electron chi connectivity index (χ0n) is 13.1. The average Bonchev–Trinajstić information content (AvgIpc) is 2.69. The van der Waals surface area contributed by atoms with Crippen LogP contribution in [0.4, 0.5) is 0 Å². The molecule has 1 aromatic rings. The minimum atomic E-state index is 0.467. The van der Waals surface area contributed by atoms with Crippen molar-refractivity contribution in [1.82, 2.24) is 5.32 Å². The normalized spacial score (nSPS) is 18.8. The number of benzene rings is 1. The van der Waals surface area contributed by atoms with Gasteiger partial charge in [0.15, 0.2) is 0 Å². The number of nitrogens with one attached hydrogen (secondary N) is 1. The Morgan fingerprint density at radius 1 is 1.10 bits per heavy atom. The Balaban J connectivity index is 2.13. The van der Waals surface area contributed by atoms with Gasteiger partial charge in [0.25, 0.3) is 0 Å². The first-order valence-corrected chi connectivity index (χ1v) is 8.43. The Kier molecular flexibility index (Phi) is 5.92. The van der Waals surface area contributed by atoms with E-state index in [1.165, 1.54) is 61.6 Å². The fraction of sp³-hybridized carbons (Fsp3) is 0.667. The third-order valence-corrected chi connectivity index (χ3v) is 5.22. The van der Waals surface area contributed by atoms with Crippen LogP contribution in [0.5, 0.6) is 0 Å². The molecule has 1 unspecified atom stereocenters. The van der Waals surface area contributed by atoms with Crippen LogP contribution in [0.25, 0.3) is 0 Å². The Morgan fingerprint density at radius 3 is 2.35 bits per heavy atom. The molecule has 20 heavy (non-hydrogen) atoms. The van der Waals surface area contributed by atoms with Gasteiger partial charge in [-0.25, -0.2) is 0 Å². The van der Waals surface area contributed by atoms with Crippen molar-refractivity contribution in [3.63, 3.8) is 0 Å². The summed E-state index contributed by atoms with van der Waals surface area (Å²) >= 11 is 6.23. The van der Waals surface area contributed by atoms with Crippen LogP contribution in [-0.2, 0) is 0 Å². The Bertz CT molecular complexity index is 433. The van der Waals surface area contributed by atoms with Crippen molar-refractivity contribution in [2.45, 2.75) is 64.8 Å². The Labute approximate surface area is 129 Å². The van der Waals surface area contributed by atoms with Crippen LogP contribution in [0.3, 0.4) is 0 Å². The van der Waals surface area contributed by atoms with Crippen molar-refractivity contribution in [3.05, 3.63) is 33.8 Å². The van der Waals surface area contributed by atoms with E-state index in [9.17, 15) is 0 Å². The molecule has 1 N–H and O–H groups in total. The fourth-order valence-corrected chi connectivity index (χ4v) is 3.73. The largest absolute Gasteiger partial charge is 0.313 e. The molecule has 1 atom stereocenters. The summed E-state index contributed by atoms with van der Waals surface area (Å²) in [6.07, 6.45) is 9.77. The molecule has 0 amide bonds. The second kappa shape index (κ2) is 7.47. The Morgan fingerprint density at radius 2 is 1.75 bits per heavy atom. The van der Waals surface area contributed by atoms with Crippen LogP contribution in [-0.4, -0.2) is 7.05 Å². The smallest absolute Gasteiger partial charge is 0.0438 e. The number of rotatable bonds is 4. The van der Waals surface area contributed by atoms with E-state index in [2.05, 4.69) is 38.3 Å². The van der Waals surface area contributed by atoms with Gasteiger partial charge in [0, 0.05) is 11.1 Å². The van der Waals surface area contributed by atoms with Crippen molar-refractivity contribution < 1.29 is 0 Å². The molecule has 112 valence electrons. The molecule has 1 aliphatic rings. The second-order valence-corrected chi connectivity index (χ2v) is 6.80. The number of aryl methyl sites for hydroxylation is 2. The van der Waals surface area contributed by atoms with Gasteiger partial charge in [-0.2, -0.15) is 0 Å². The molecular formula is C18H28ClN. The molecule has 0 spiro atoms. The van der Waals surface area contributed by atoms with E-state index in [-0.39, 0.29) is 0 Å². The highest BCUT2D eigenvalue weighted by Gasteiger charge is 2.20. The topological polar surface area (TPSA) is 12.0 Å². The third kappa shape index (κ3) is 3.99. The van der Waals surface area contributed by atoms with E-state index < -0.39 is 0 Å². The van der Waals surface area contributed by atoms with Gasteiger partial charge in [-0.05, 0) is 56.0 Å². The summed E-state index contributed by atoms with van der Waals surface area (Å²) in [5.74, 6) is 0.880. The lowest BCUT2D eigenvalue weighted by Crippen LogP contribution is -2.21. The summed E-state index contributed by atoms with van der Waals surface area (Å²) in [5, 5.41) is 4.42. The van der Waals surface area contributed by atoms with Crippen LogP contribution in [0.1, 0.15) is 67.7 Å². The van der Waals surface area contributed by atoms with Crippen LogP contribution in [0, 0.1) is 19.8 Å². The highest BCUT2D eigenvalue weighted by Crippen LogP contribution is 2.33. The van der Waals surface area contributed by atoms with Crippen LogP contribution in [0.15, 0.2) is 12.1 Å². The minimum absolute atomic E-state index is 0.467. The molecule has 2 heteroatoms. The fourth-order valence-electron chi connectivity index (χ4n) is 3.51. The summed E-state index contributed by atoms with van der Waals surface area (Å²) in [7, 11) is 2.09. The molecule has 0 bridgehead atoms. The standard InChI is InChI=1S/C18H28ClN/c1-13-11-17(19)14(2)10-16(13)18(20-3)12-15-8-6-4-5-7-9-15/h10-11,15,18,20H,4-9,12H2,1-3H3. The van der Waals surface area contributed by atoms with Gasteiger partial charge >= 0.3 is 0 Å². The predicted molar refractivity (Wildman–Crippen MR) is 88.5 cm³/mol. The van der Waals surface area contributed by atoms with E-state index in [0.29, 0.717) is 6.04 Å². The number of hydrogen-bond donors (Lipinski definition) is 1. The summed E-state index contributed by atoms with van der Waals surface area (Å²) < 4.78 is 0. The maximum Gasteiger partial charge on any atom is 0.0438 e. The summed E-state index contributed by atoms with van der Waals surface area (Å²) in [6, 6.07) is 4.85. The van der Waals surface area contributed by atoms with Gasteiger partial charge in [-0.15, -0.1) is 0 Å². The van der Waals surface area contributed by atoms with Crippen LogP contribution >= 0.6 is 11.6 Å². The zero-order valence-corrected chi connectivity index (χ0v) is 13.9. The first kappa shape index (κ1) is 15.9. The van der Waals surface area contributed by atoms with Gasteiger partial charge in [0.1, 0.15) is 0 Å². The van der Waals surface area contributed by atoms with Crippen molar-refractivity contribution >= 4 is 11.6 Å².